The van der Waals surface area contributed by atoms with Crippen molar-refractivity contribution in [3.05, 3.63) is 56.3 Å². The summed E-state index contributed by atoms with van der Waals surface area (Å²) in [7, 11) is 1.59. The molecule has 0 aliphatic carbocycles. The van der Waals surface area contributed by atoms with Gasteiger partial charge in [-0.3, -0.25) is 14.4 Å². The van der Waals surface area contributed by atoms with Gasteiger partial charge in [0, 0.05) is 26.7 Å². The zero-order valence-corrected chi connectivity index (χ0v) is 17.5. The minimum Gasteiger partial charge on any atom is -0.505 e. The third kappa shape index (κ3) is 3.32. The van der Waals surface area contributed by atoms with Crippen molar-refractivity contribution in [2.24, 2.45) is 0 Å². The van der Waals surface area contributed by atoms with E-state index in [4.69, 9.17) is 11.6 Å². The van der Waals surface area contributed by atoms with Gasteiger partial charge in [-0.05, 0) is 24.6 Å². The maximum absolute atomic E-state index is 13.5. The van der Waals surface area contributed by atoms with Gasteiger partial charge < -0.3 is 19.9 Å². The summed E-state index contributed by atoms with van der Waals surface area (Å²) in [6, 6.07) is 3.95. The van der Waals surface area contributed by atoms with Gasteiger partial charge in [-0.1, -0.05) is 17.7 Å². The summed E-state index contributed by atoms with van der Waals surface area (Å²) in [6.45, 7) is 2.57. The molecule has 0 atom stereocenters. The Balaban J connectivity index is 1.99. The number of rotatable bonds is 4. The molecule has 3 heterocycles. The van der Waals surface area contributed by atoms with Gasteiger partial charge in [0.15, 0.2) is 17.1 Å². The minimum atomic E-state index is -0.682. The van der Waals surface area contributed by atoms with Gasteiger partial charge in [-0.25, -0.2) is 9.07 Å². The minimum absolute atomic E-state index is 0.0595. The van der Waals surface area contributed by atoms with E-state index in [0.717, 1.165) is 10.7 Å². The van der Waals surface area contributed by atoms with Crippen LogP contribution >= 0.6 is 11.6 Å². The highest BCUT2D eigenvalue weighted by Crippen LogP contribution is 2.34. The molecule has 1 aliphatic rings. The van der Waals surface area contributed by atoms with Gasteiger partial charge in [-0.15, -0.1) is 0 Å². The predicted molar refractivity (Wildman–Crippen MR) is 111 cm³/mol. The average Bonchev–Trinajstić information content (AvgIpc) is 3.03. The molecule has 2 amide bonds. The molecule has 0 saturated carbocycles. The molecule has 1 aromatic carbocycles. The molecule has 1 aliphatic heterocycles. The number of halogens is 2. The SMILES string of the molecule is CCNC(=O)c1nn(Cc2ccc(F)c(Cl)c2)c(=O)c2c(O)c3n(c12)CCN(C)C3=O. The smallest absolute Gasteiger partial charge is 0.280 e. The first-order valence-electron chi connectivity index (χ1n) is 9.58. The summed E-state index contributed by atoms with van der Waals surface area (Å²) in [4.78, 5) is 40.0. The van der Waals surface area contributed by atoms with Crippen LogP contribution in [0.25, 0.3) is 10.9 Å². The van der Waals surface area contributed by atoms with E-state index in [9.17, 15) is 23.9 Å². The highest BCUT2D eigenvalue weighted by molar-refractivity contribution is 6.30. The highest BCUT2D eigenvalue weighted by atomic mass is 35.5. The zero-order valence-electron chi connectivity index (χ0n) is 16.8. The van der Waals surface area contributed by atoms with Crippen molar-refractivity contribution in [2.75, 3.05) is 20.1 Å². The lowest BCUT2D eigenvalue weighted by atomic mass is 10.2. The molecule has 9 nitrogen and oxygen atoms in total. The summed E-state index contributed by atoms with van der Waals surface area (Å²) >= 11 is 5.83. The van der Waals surface area contributed by atoms with Crippen LogP contribution < -0.4 is 10.9 Å². The van der Waals surface area contributed by atoms with Crippen LogP contribution in [0.5, 0.6) is 5.75 Å². The molecule has 0 bridgehead atoms. The number of aromatic nitrogens is 3. The first kappa shape index (κ1) is 20.9. The number of likely N-dealkylation sites (N-methyl/N-ethyl adjacent to an activating group) is 1. The Morgan fingerprint density at radius 2 is 2.06 bits per heavy atom. The molecule has 0 saturated heterocycles. The van der Waals surface area contributed by atoms with Gasteiger partial charge in [0.25, 0.3) is 17.4 Å². The second kappa shape index (κ2) is 7.69. The van der Waals surface area contributed by atoms with Crippen LogP contribution in [0.1, 0.15) is 33.5 Å². The van der Waals surface area contributed by atoms with Crippen molar-refractivity contribution >= 4 is 34.3 Å². The second-order valence-corrected chi connectivity index (χ2v) is 7.63. The molecular weight excluding hydrogens is 429 g/mol. The van der Waals surface area contributed by atoms with Crippen molar-refractivity contribution in [2.45, 2.75) is 20.0 Å². The fourth-order valence-electron chi connectivity index (χ4n) is 3.68. The number of nitrogens with one attached hydrogen (secondary N) is 1. The van der Waals surface area contributed by atoms with Crippen LogP contribution in [0, 0.1) is 5.82 Å². The molecule has 31 heavy (non-hydrogen) atoms. The van der Waals surface area contributed by atoms with Crippen LogP contribution in [-0.2, 0) is 13.1 Å². The third-order valence-corrected chi connectivity index (χ3v) is 5.50. The summed E-state index contributed by atoms with van der Waals surface area (Å²) in [5.41, 5.74) is -0.252. The van der Waals surface area contributed by atoms with Crippen molar-refractivity contribution in [3.8, 4) is 5.75 Å². The molecule has 2 aromatic heterocycles. The lowest BCUT2D eigenvalue weighted by Crippen LogP contribution is -2.37. The number of nitrogens with zero attached hydrogens (tertiary/aromatic N) is 4. The van der Waals surface area contributed by atoms with E-state index in [1.807, 2.05) is 0 Å². The normalized spacial score (nSPS) is 13.5. The molecule has 0 radical (unpaired) electrons. The van der Waals surface area contributed by atoms with Crippen LogP contribution in [0.3, 0.4) is 0 Å². The fraction of sp³-hybridized carbons (Fsp3) is 0.300. The van der Waals surface area contributed by atoms with Gasteiger partial charge in [0.05, 0.1) is 17.1 Å². The van der Waals surface area contributed by atoms with Crippen LogP contribution in [0.2, 0.25) is 5.02 Å². The van der Waals surface area contributed by atoms with E-state index in [1.165, 1.54) is 21.6 Å². The van der Waals surface area contributed by atoms with Crippen molar-refractivity contribution < 1.29 is 19.1 Å². The summed E-state index contributed by atoms with van der Waals surface area (Å²) in [6.07, 6.45) is 0. The van der Waals surface area contributed by atoms with Crippen molar-refractivity contribution in [1.82, 2.24) is 24.6 Å². The number of hydrogen-bond donors (Lipinski definition) is 2. The Labute approximate surface area is 180 Å². The Kier molecular flexibility index (Phi) is 5.18. The third-order valence-electron chi connectivity index (χ3n) is 5.21. The lowest BCUT2D eigenvalue weighted by molar-refractivity contribution is 0.0746. The molecule has 0 fully saturated rings. The molecule has 0 unspecified atom stereocenters. The second-order valence-electron chi connectivity index (χ2n) is 7.22. The summed E-state index contributed by atoms with van der Waals surface area (Å²) < 4.78 is 16.0. The Morgan fingerprint density at radius 3 is 2.74 bits per heavy atom. The lowest BCUT2D eigenvalue weighted by Gasteiger charge is -2.25. The van der Waals surface area contributed by atoms with Crippen molar-refractivity contribution in [3.63, 3.8) is 0 Å². The predicted octanol–water partition coefficient (Wildman–Crippen LogP) is 1.58. The maximum atomic E-state index is 13.5. The van der Waals surface area contributed by atoms with Crippen molar-refractivity contribution in [1.29, 1.82) is 0 Å². The molecule has 0 spiro atoms. The van der Waals surface area contributed by atoms with E-state index < -0.39 is 28.9 Å². The quantitative estimate of drug-likeness (QED) is 0.631. The molecule has 11 heteroatoms. The maximum Gasteiger partial charge on any atom is 0.280 e. The first-order chi connectivity index (χ1) is 14.7. The number of fused-ring (bicyclic) bond motifs is 3. The van der Waals surface area contributed by atoms with Crippen LogP contribution in [-0.4, -0.2) is 56.3 Å². The first-order valence-corrected chi connectivity index (χ1v) is 9.96. The Hall–Kier alpha value is -3.40. The van der Waals surface area contributed by atoms with Crippen LogP contribution in [0.15, 0.2) is 23.0 Å². The van der Waals surface area contributed by atoms with E-state index in [0.29, 0.717) is 25.2 Å². The standard InChI is InChI=1S/C20H19ClFN5O4/c1-3-23-18(29)14-15-13(17(28)16-20(31)25(2)6-7-26(15)16)19(30)27(24-14)9-10-4-5-12(22)11(21)8-10/h4-5,8,28H,3,6-7,9H2,1-2H3,(H,23,29). The number of carbonyl (C=O) groups excluding carboxylic acids is 2. The number of hydrogen-bond acceptors (Lipinski definition) is 5. The topological polar surface area (TPSA) is 109 Å². The molecular formula is C20H19ClFN5O4. The number of benzene rings is 1. The number of aromatic hydroxyl groups is 1. The largest absolute Gasteiger partial charge is 0.505 e. The summed E-state index contributed by atoms with van der Waals surface area (Å²) in [5.74, 6) is -2.11. The van der Waals surface area contributed by atoms with Crippen LogP contribution in [0.4, 0.5) is 4.39 Å². The summed E-state index contributed by atoms with van der Waals surface area (Å²) in [5, 5.41) is 17.4. The van der Waals surface area contributed by atoms with Gasteiger partial charge in [-0.2, -0.15) is 5.10 Å². The molecule has 4 rings (SSSR count). The molecule has 162 valence electrons. The van der Waals surface area contributed by atoms with E-state index >= 15 is 0 Å². The van der Waals surface area contributed by atoms with E-state index in [-0.39, 0.29) is 33.9 Å². The van der Waals surface area contributed by atoms with Gasteiger partial charge in [0.1, 0.15) is 11.2 Å². The van der Waals surface area contributed by atoms with Gasteiger partial charge >= 0.3 is 0 Å². The zero-order chi connectivity index (χ0) is 22.4. The van der Waals surface area contributed by atoms with Gasteiger partial charge in [0.2, 0.25) is 0 Å². The highest BCUT2D eigenvalue weighted by Gasteiger charge is 2.34. The molecule has 3 aromatic rings. The number of carbonyl (C=O) groups is 2. The number of amides is 2. The Morgan fingerprint density at radius 1 is 1.32 bits per heavy atom. The average molecular weight is 448 g/mol. The van der Waals surface area contributed by atoms with E-state index in [1.54, 1.807) is 14.0 Å². The Bertz CT molecular complexity index is 1300. The molecule has 2 N–H and O–H groups in total. The van der Waals surface area contributed by atoms with E-state index in [2.05, 4.69) is 10.4 Å². The fourth-order valence-corrected chi connectivity index (χ4v) is 3.89. The monoisotopic (exact) mass is 447 g/mol.